The maximum absolute atomic E-state index is 5.80. The maximum Gasteiger partial charge on any atom is 0.0948 e. The van der Waals surface area contributed by atoms with E-state index in [0.717, 1.165) is 13.1 Å². The molecule has 1 aromatic rings. The Morgan fingerprint density at radius 1 is 1.50 bits per heavy atom. The van der Waals surface area contributed by atoms with Crippen molar-refractivity contribution in [3.63, 3.8) is 0 Å². The molecule has 1 aliphatic rings. The highest BCUT2D eigenvalue weighted by Gasteiger charge is 2.25. The van der Waals surface area contributed by atoms with E-state index in [1.54, 1.807) is 11.3 Å². The number of nitrogens with two attached hydrogens (primary N) is 1. The van der Waals surface area contributed by atoms with E-state index in [-0.39, 0.29) is 6.04 Å². The molecule has 1 fully saturated rings. The predicted octanol–water partition coefficient (Wildman–Crippen LogP) is 2.17. The molecule has 0 spiro atoms. The number of hydrogen-bond acceptors (Lipinski definition) is 3. The standard InChI is InChI=1S/C10H14N2S2/c11-10(13)9(8-3-6-14-7-8)12-4-1-2-5-12/h3,6-7,9H,1-2,4-5H2,(H2,11,13). The summed E-state index contributed by atoms with van der Waals surface area (Å²) in [7, 11) is 0. The summed E-state index contributed by atoms with van der Waals surface area (Å²) in [6.45, 7) is 2.25. The molecule has 1 atom stereocenters. The average Bonchev–Trinajstić information content (AvgIpc) is 2.75. The number of rotatable bonds is 3. The van der Waals surface area contributed by atoms with E-state index in [9.17, 15) is 0 Å². The molecule has 76 valence electrons. The van der Waals surface area contributed by atoms with Crippen LogP contribution in [-0.4, -0.2) is 23.0 Å². The fourth-order valence-corrected chi connectivity index (χ4v) is 2.95. The second-order valence-electron chi connectivity index (χ2n) is 3.60. The second kappa shape index (κ2) is 4.38. The molecule has 1 saturated heterocycles. The fraction of sp³-hybridized carbons (Fsp3) is 0.500. The molecule has 0 bridgehead atoms. The Hall–Kier alpha value is -0.450. The van der Waals surface area contributed by atoms with Gasteiger partial charge in [-0.1, -0.05) is 12.2 Å². The lowest BCUT2D eigenvalue weighted by Crippen LogP contribution is -2.34. The Labute approximate surface area is 93.7 Å². The van der Waals surface area contributed by atoms with Crippen LogP contribution < -0.4 is 5.73 Å². The van der Waals surface area contributed by atoms with Gasteiger partial charge >= 0.3 is 0 Å². The topological polar surface area (TPSA) is 29.3 Å². The largest absolute Gasteiger partial charge is 0.392 e. The summed E-state index contributed by atoms with van der Waals surface area (Å²) in [6.07, 6.45) is 2.53. The molecule has 1 aliphatic heterocycles. The van der Waals surface area contributed by atoms with Crippen LogP contribution in [-0.2, 0) is 0 Å². The normalized spacial score (nSPS) is 19.7. The van der Waals surface area contributed by atoms with Gasteiger partial charge in [-0.05, 0) is 48.3 Å². The van der Waals surface area contributed by atoms with Gasteiger partial charge in [-0.3, -0.25) is 4.90 Å². The molecule has 0 radical (unpaired) electrons. The zero-order valence-corrected chi connectivity index (χ0v) is 9.61. The fourth-order valence-electron chi connectivity index (χ4n) is 1.99. The Balaban J connectivity index is 2.19. The number of thiocarbonyl (C=S) groups is 1. The van der Waals surface area contributed by atoms with Gasteiger partial charge in [0.25, 0.3) is 0 Å². The van der Waals surface area contributed by atoms with E-state index >= 15 is 0 Å². The van der Waals surface area contributed by atoms with Crippen molar-refractivity contribution >= 4 is 28.5 Å². The first kappa shape index (κ1) is 10.1. The van der Waals surface area contributed by atoms with Gasteiger partial charge < -0.3 is 5.73 Å². The van der Waals surface area contributed by atoms with Gasteiger partial charge in [-0.25, -0.2) is 0 Å². The van der Waals surface area contributed by atoms with Gasteiger partial charge in [0.05, 0.1) is 11.0 Å². The molecule has 0 amide bonds. The first-order valence-corrected chi connectivity index (χ1v) is 6.19. The van der Waals surface area contributed by atoms with Crippen LogP contribution in [0.15, 0.2) is 16.8 Å². The molecular weight excluding hydrogens is 212 g/mol. The summed E-state index contributed by atoms with van der Waals surface area (Å²) < 4.78 is 0. The minimum Gasteiger partial charge on any atom is -0.392 e. The third kappa shape index (κ3) is 1.97. The predicted molar refractivity (Wildman–Crippen MR) is 64.7 cm³/mol. The Kier molecular flexibility index (Phi) is 3.15. The molecule has 14 heavy (non-hydrogen) atoms. The van der Waals surface area contributed by atoms with E-state index < -0.39 is 0 Å². The van der Waals surface area contributed by atoms with Crippen molar-refractivity contribution in [1.29, 1.82) is 0 Å². The molecule has 4 heteroatoms. The molecule has 0 aliphatic carbocycles. The van der Waals surface area contributed by atoms with Crippen molar-refractivity contribution in [2.75, 3.05) is 13.1 Å². The monoisotopic (exact) mass is 226 g/mol. The van der Waals surface area contributed by atoms with Gasteiger partial charge in [0, 0.05) is 0 Å². The highest BCUT2D eigenvalue weighted by atomic mass is 32.1. The van der Waals surface area contributed by atoms with Crippen LogP contribution >= 0.6 is 23.6 Å². The molecule has 1 aromatic heterocycles. The van der Waals surface area contributed by atoms with Crippen LogP contribution in [0.4, 0.5) is 0 Å². The van der Waals surface area contributed by atoms with Crippen molar-refractivity contribution < 1.29 is 0 Å². The lowest BCUT2D eigenvalue weighted by molar-refractivity contribution is 0.305. The van der Waals surface area contributed by atoms with Gasteiger partial charge in [0.1, 0.15) is 0 Å². The molecule has 2 N–H and O–H groups in total. The van der Waals surface area contributed by atoms with Gasteiger partial charge in [0.2, 0.25) is 0 Å². The van der Waals surface area contributed by atoms with Crippen LogP contribution in [0.5, 0.6) is 0 Å². The van der Waals surface area contributed by atoms with E-state index in [0.29, 0.717) is 4.99 Å². The summed E-state index contributed by atoms with van der Waals surface area (Å²) in [4.78, 5) is 2.98. The lowest BCUT2D eigenvalue weighted by Gasteiger charge is -2.25. The first-order valence-electron chi connectivity index (χ1n) is 4.84. The van der Waals surface area contributed by atoms with Crippen LogP contribution in [0, 0.1) is 0 Å². The smallest absolute Gasteiger partial charge is 0.0948 e. The minimum atomic E-state index is 0.166. The maximum atomic E-state index is 5.80. The van der Waals surface area contributed by atoms with Gasteiger partial charge in [0.15, 0.2) is 0 Å². The summed E-state index contributed by atoms with van der Waals surface area (Å²) in [5, 5.41) is 4.22. The van der Waals surface area contributed by atoms with Crippen molar-refractivity contribution in [2.24, 2.45) is 5.73 Å². The second-order valence-corrected chi connectivity index (χ2v) is 4.86. The Bertz CT molecular complexity index is 302. The van der Waals surface area contributed by atoms with Crippen molar-refractivity contribution in [3.05, 3.63) is 22.4 Å². The molecule has 2 nitrogen and oxygen atoms in total. The van der Waals surface area contributed by atoms with Crippen LogP contribution in [0.3, 0.4) is 0 Å². The molecule has 1 unspecified atom stereocenters. The zero-order chi connectivity index (χ0) is 9.97. The van der Waals surface area contributed by atoms with Gasteiger partial charge in [-0.2, -0.15) is 11.3 Å². The van der Waals surface area contributed by atoms with Crippen molar-refractivity contribution in [3.8, 4) is 0 Å². The summed E-state index contributed by atoms with van der Waals surface area (Å²) >= 11 is 6.84. The van der Waals surface area contributed by atoms with E-state index in [2.05, 4.69) is 21.7 Å². The van der Waals surface area contributed by atoms with E-state index in [4.69, 9.17) is 18.0 Å². The SMILES string of the molecule is NC(=S)C(c1ccsc1)N1CCCC1. The van der Waals surface area contributed by atoms with Crippen LogP contribution in [0.1, 0.15) is 24.4 Å². The zero-order valence-electron chi connectivity index (χ0n) is 7.98. The number of likely N-dealkylation sites (tertiary alicyclic amines) is 1. The van der Waals surface area contributed by atoms with Crippen LogP contribution in [0.25, 0.3) is 0 Å². The van der Waals surface area contributed by atoms with Crippen molar-refractivity contribution in [2.45, 2.75) is 18.9 Å². The lowest BCUT2D eigenvalue weighted by atomic mass is 10.1. The summed E-state index contributed by atoms with van der Waals surface area (Å²) in [5.41, 5.74) is 7.06. The van der Waals surface area contributed by atoms with E-state index in [1.807, 2.05) is 0 Å². The highest BCUT2D eigenvalue weighted by molar-refractivity contribution is 7.80. The Morgan fingerprint density at radius 3 is 2.71 bits per heavy atom. The molecule has 2 heterocycles. The number of hydrogen-bond donors (Lipinski definition) is 1. The number of thiophene rings is 1. The molecule has 0 aromatic carbocycles. The summed E-state index contributed by atoms with van der Waals surface area (Å²) in [5.74, 6) is 0. The molecule has 0 saturated carbocycles. The first-order chi connectivity index (χ1) is 6.79. The van der Waals surface area contributed by atoms with Crippen LogP contribution in [0.2, 0.25) is 0 Å². The van der Waals surface area contributed by atoms with E-state index in [1.165, 1.54) is 18.4 Å². The quantitative estimate of drug-likeness (QED) is 0.801. The average molecular weight is 226 g/mol. The van der Waals surface area contributed by atoms with Gasteiger partial charge in [-0.15, -0.1) is 0 Å². The third-order valence-electron chi connectivity index (χ3n) is 2.63. The summed E-state index contributed by atoms with van der Waals surface area (Å²) in [6, 6.07) is 2.28. The number of nitrogens with zero attached hydrogens (tertiary/aromatic N) is 1. The Morgan fingerprint density at radius 2 is 2.21 bits per heavy atom. The molecule has 2 rings (SSSR count). The van der Waals surface area contributed by atoms with Crippen molar-refractivity contribution in [1.82, 2.24) is 4.90 Å². The molecular formula is C10H14N2S2. The minimum absolute atomic E-state index is 0.166. The highest BCUT2D eigenvalue weighted by Crippen LogP contribution is 2.26. The third-order valence-corrected chi connectivity index (χ3v) is 3.56.